The summed E-state index contributed by atoms with van der Waals surface area (Å²) in [4.78, 5) is 3.24. The number of benzene rings is 2. The lowest BCUT2D eigenvalue weighted by atomic mass is 10.1. The zero-order chi connectivity index (χ0) is 12.2. The van der Waals surface area contributed by atoms with Gasteiger partial charge in [-0.1, -0.05) is 0 Å². The maximum absolute atomic E-state index is 6.01. The first-order chi connectivity index (χ1) is 8.09. The smallest absolute Gasteiger partial charge is 0.0650 e. The summed E-state index contributed by atoms with van der Waals surface area (Å²) in [6.45, 7) is 0. The van der Waals surface area contributed by atoms with Gasteiger partial charge in [-0.2, -0.15) is 0 Å². The van der Waals surface area contributed by atoms with Crippen molar-refractivity contribution < 1.29 is 0 Å². The highest BCUT2D eigenvalue weighted by Crippen LogP contribution is 2.38. The van der Waals surface area contributed by atoms with Crippen molar-refractivity contribution in [2.45, 2.75) is 0 Å². The average molecular weight is 227 g/mol. The summed E-state index contributed by atoms with van der Waals surface area (Å²) >= 11 is 0. The molecule has 3 rings (SSSR count). The normalized spacial score (nSPS) is 11.3. The van der Waals surface area contributed by atoms with Gasteiger partial charge < -0.3 is 27.9 Å². The van der Waals surface area contributed by atoms with Gasteiger partial charge in [-0.15, -0.1) is 0 Å². The molecular formula is C12H13N5. The standard InChI is InChI=1S/C12H13N5/c13-5-1-3-7-9(11(5)15)10-8(17-7)4-2-6(14)12(10)16/h1-4,17H,13-16H2. The van der Waals surface area contributed by atoms with Crippen molar-refractivity contribution in [2.75, 3.05) is 22.9 Å². The third kappa shape index (κ3) is 1.13. The van der Waals surface area contributed by atoms with E-state index in [0.29, 0.717) is 22.7 Å². The molecule has 0 bridgehead atoms. The Bertz CT molecular complexity index is 679. The van der Waals surface area contributed by atoms with Crippen LogP contribution in [0, 0.1) is 0 Å². The molecule has 1 aromatic heterocycles. The number of nitrogens with one attached hydrogen (secondary N) is 1. The number of H-pyrrole nitrogens is 1. The largest absolute Gasteiger partial charge is 0.397 e. The van der Waals surface area contributed by atoms with Gasteiger partial charge in [0, 0.05) is 21.8 Å². The van der Waals surface area contributed by atoms with Crippen molar-refractivity contribution >= 4 is 44.6 Å². The summed E-state index contributed by atoms with van der Waals surface area (Å²) in [5.41, 5.74) is 27.6. The van der Waals surface area contributed by atoms with Crippen molar-refractivity contribution in [3.8, 4) is 0 Å². The maximum atomic E-state index is 6.01. The van der Waals surface area contributed by atoms with Crippen LogP contribution in [0.2, 0.25) is 0 Å². The third-order valence-electron chi connectivity index (χ3n) is 3.08. The quantitative estimate of drug-likeness (QED) is 0.375. The average Bonchev–Trinajstić information content (AvgIpc) is 2.69. The molecule has 17 heavy (non-hydrogen) atoms. The van der Waals surface area contributed by atoms with Gasteiger partial charge in [0.25, 0.3) is 0 Å². The first kappa shape index (κ1) is 9.65. The second-order valence-electron chi connectivity index (χ2n) is 4.11. The second-order valence-corrected chi connectivity index (χ2v) is 4.11. The predicted molar refractivity (Wildman–Crippen MR) is 73.5 cm³/mol. The van der Waals surface area contributed by atoms with Gasteiger partial charge in [-0.05, 0) is 24.3 Å². The van der Waals surface area contributed by atoms with Crippen LogP contribution in [0.3, 0.4) is 0 Å². The minimum atomic E-state index is 0.533. The fourth-order valence-corrected chi connectivity index (χ4v) is 2.16. The predicted octanol–water partition coefficient (Wildman–Crippen LogP) is 1.65. The molecular weight excluding hydrogens is 214 g/mol. The molecule has 1 heterocycles. The molecule has 0 fully saturated rings. The molecule has 0 saturated heterocycles. The van der Waals surface area contributed by atoms with Crippen LogP contribution >= 0.6 is 0 Å². The van der Waals surface area contributed by atoms with Crippen molar-refractivity contribution in [1.29, 1.82) is 0 Å². The number of hydrogen-bond acceptors (Lipinski definition) is 4. The number of aromatic nitrogens is 1. The molecule has 0 atom stereocenters. The van der Waals surface area contributed by atoms with Crippen molar-refractivity contribution in [3.05, 3.63) is 24.3 Å². The molecule has 0 unspecified atom stereocenters. The highest BCUT2D eigenvalue weighted by molar-refractivity contribution is 6.20. The number of nitrogen functional groups attached to an aromatic ring is 4. The summed E-state index contributed by atoms with van der Waals surface area (Å²) in [6.07, 6.45) is 0. The third-order valence-corrected chi connectivity index (χ3v) is 3.08. The van der Waals surface area contributed by atoms with Gasteiger partial charge in [0.2, 0.25) is 0 Å². The number of rotatable bonds is 0. The molecule has 9 N–H and O–H groups in total. The first-order valence-electron chi connectivity index (χ1n) is 5.23. The van der Waals surface area contributed by atoms with Gasteiger partial charge in [-0.3, -0.25) is 0 Å². The number of fused-ring (bicyclic) bond motifs is 3. The molecule has 86 valence electrons. The van der Waals surface area contributed by atoms with E-state index in [0.717, 1.165) is 21.8 Å². The van der Waals surface area contributed by atoms with Crippen LogP contribution in [0.4, 0.5) is 22.7 Å². The SMILES string of the molecule is Nc1ccc2[nH]c3ccc(N)c(N)c3c2c1N. The summed E-state index contributed by atoms with van der Waals surface area (Å²) < 4.78 is 0. The fourth-order valence-electron chi connectivity index (χ4n) is 2.16. The van der Waals surface area contributed by atoms with E-state index in [1.54, 1.807) is 12.1 Å². The molecule has 5 heteroatoms. The number of anilines is 4. The Hall–Kier alpha value is -2.56. The van der Waals surface area contributed by atoms with Crippen molar-refractivity contribution in [2.24, 2.45) is 0 Å². The van der Waals surface area contributed by atoms with E-state index in [-0.39, 0.29) is 0 Å². The molecule has 0 saturated carbocycles. The lowest BCUT2D eigenvalue weighted by Crippen LogP contribution is -1.97. The number of hydrogen-bond donors (Lipinski definition) is 5. The first-order valence-corrected chi connectivity index (χ1v) is 5.23. The fraction of sp³-hybridized carbons (Fsp3) is 0. The van der Waals surface area contributed by atoms with E-state index >= 15 is 0 Å². The van der Waals surface area contributed by atoms with Crippen molar-refractivity contribution in [3.63, 3.8) is 0 Å². The van der Waals surface area contributed by atoms with Crippen LogP contribution in [0.1, 0.15) is 0 Å². The lowest BCUT2D eigenvalue weighted by molar-refractivity contribution is 1.54. The second kappa shape index (κ2) is 2.98. The minimum absolute atomic E-state index is 0.533. The molecule has 3 aromatic rings. The van der Waals surface area contributed by atoms with Crippen molar-refractivity contribution in [1.82, 2.24) is 4.98 Å². The van der Waals surface area contributed by atoms with Crippen LogP contribution < -0.4 is 22.9 Å². The Morgan fingerprint density at radius 1 is 0.647 bits per heavy atom. The van der Waals surface area contributed by atoms with Gasteiger partial charge in [-0.25, -0.2) is 0 Å². The molecule has 0 amide bonds. The highest BCUT2D eigenvalue weighted by Gasteiger charge is 2.12. The number of nitrogens with two attached hydrogens (primary N) is 4. The summed E-state index contributed by atoms with van der Waals surface area (Å²) in [5.74, 6) is 0. The van der Waals surface area contributed by atoms with Gasteiger partial charge >= 0.3 is 0 Å². The van der Waals surface area contributed by atoms with E-state index in [4.69, 9.17) is 22.9 Å². The Balaban J connectivity index is 2.65. The summed E-state index contributed by atoms with van der Waals surface area (Å²) in [5, 5.41) is 1.68. The van der Waals surface area contributed by atoms with Crippen LogP contribution in [0.5, 0.6) is 0 Å². The van der Waals surface area contributed by atoms with E-state index in [2.05, 4.69) is 4.98 Å². The van der Waals surface area contributed by atoms with E-state index in [1.165, 1.54) is 0 Å². The van der Waals surface area contributed by atoms with Crippen LogP contribution in [-0.2, 0) is 0 Å². The molecule has 0 aliphatic heterocycles. The monoisotopic (exact) mass is 227 g/mol. The maximum Gasteiger partial charge on any atom is 0.0650 e. The Morgan fingerprint density at radius 3 is 1.47 bits per heavy atom. The summed E-state index contributed by atoms with van der Waals surface area (Å²) in [6, 6.07) is 7.31. The van der Waals surface area contributed by atoms with Gasteiger partial charge in [0.15, 0.2) is 0 Å². The van der Waals surface area contributed by atoms with Crippen LogP contribution in [-0.4, -0.2) is 4.98 Å². The topological polar surface area (TPSA) is 120 Å². The molecule has 0 aliphatic rings. The molecule has 0 aliphatic carbocycles. The Labute approximate surface area is 97.4 Å². The van der Waals surface area contributed by atoms with Gasteiger partial charge in [0.05, 0.1) is 22.7 Å². The van der Waals surface area contributed by atoms with Crippen LogP contribution in [0.25, 0.3) is 21.8 Å². The van der Waals surface area contributed by atoms with E-state index < -0.39 is 0 Å². The van der Waals surface area contributed by atoms with E-state index in [1.807, 2.05) is 12.1 Å². The Kier molecular flexibility index (Phi) is 1.69. The number of aromatic amines is 1. The van der Waals surface area contributed by atoms with E-state index in [9.17, 15) is 0 Å². The zero-order valence-electron chi connectivity index (χ0n) is 9.12. The zero-order valence-corrected chi connectivity index (χ0v) is 9.12. The van der Waals surface area contributed by atoms with Gasteiger partial charge in [0.1, 0.15) is 0 Å². The van der Waals surface area contributed by atoms with Crippen LogP contribution in [0.15, 0.2) is 24.3 Å². The Morgan fingerprint density at radius 2 is 1.06 bits per heavy atom. The molecule has 2 aromatic carbocycles. The molecule has 5 nitrogen and oxygen atoms in total. The molecule has 0 spiro atoms. The minimum Gasteiger partial charge on any atom is -0.397 e. The highest BCUT2D eigenvalue weighted by atomic mass is 14.8. The lowest BCUT2D eigenvalue weighted by Gasteiger charge is -2.04. The molecule has 0 radical (unpaired) electrons. The summed E-state index contributed by atoms with van der Waals surface area (Å²) in [7, 11) is 0.